The van der Waals surface area contributed by atoms with Gasteiger partial charge in [0.25, 0.3) is 0 Å². The van der Waals surface area contributed by atoms with Gasteiger partial charge in [-0.2, -0.15) is 0 Å². The van der Waals surface area contributed by atoms with Crippen LogP contribution in [0.15, 0.2) is 33.6 Å². The monoisotopic (exact) mass is 317 g/mol. The van der Waals surface area contributed by atoms with Crippen LogP contribution in [0.25, 0.3) is 0 Å². The quantitative estimate of drug-likeness (QED) is 0.906. The molecule has 2 N–H and O–H groups in total. The minimum absolute atomic E-state index is 0.0527. The van der Waals surface area contributed by atoms with Crippen LogP contribution in [0.4, 0.5) is 0 Å². The summed E-state index contributed by atoms with van der Waals surface area (Å²) in [5.74, 6) is 0.222. The maximum absolute atomic E-state index is 12.3. The maximum Gasteiger partial charge on any atom is 0.180 e. The SMILES string of the molecule is NCCC1(CS(=O)(=O)c2ccccc2Br)CC1. The molecule has 0 radical (unpaired) electrons. The van der Waals surface area contributed by atoms with Crippen molar-refractivity contribution in [3.63, 3.8) is 0 Å². The van der Waals surface area contributed by atoms with E-state index in [1.54, 1.807) is 18.2 Å². The van der Waals surface area contributed by atoms with E-state index < -0.39 is 9.84 Å². The lowest BCUT2D eigenvalue weighted by atomic mass is 10.1. The van der Waals surface area contributed by atoms with Gasteiger partial charge in [0.15, 0.2) is 9.84 Å². The normalized spacial score (nSPS) is 18.0. The number of sulfone groups is 1. The Labute approximate surface area is 110 Å². The number of benzene rings is 1. The number of hydrogen-bond acceptors (Lipinski definition) is 3. The molecule has 0 heterocycles. The highest BCUT2D eigenvalue weighted by Crippen LogP contribution is 2.50. The summed E-state index contributed by atoms with van der Waals surface area (Å²) in [4.78, 5) is 0.392. The zero-order valence-corrected chi connectivity index (χ0v) is 11.9. The summed E-state index contributed by atoms with van der Waals surface area (Å²) in [6.07, 6.45) is 2.76. The molecule has 1 saturated carbocycles. The highest BCUT2D eigenvalue weighted by molar-refractivity contribution is 9.10. The lowest BCUT2D eigenvalue weighted by Crippen LogP contribution is -2.20. The zero-order chi connectivity index (χ0) is 12.5. The molecule has 17 heavy (non-hydrogen) atoms. The van der Waals surface area contributed by atoms with Crippen LogP contribution >= 0.6 is 15.9 Å². The molecule has 1 aliphatic carbocycles. The fraction of sp³-hybridized carbons (Fsp3) is 0.500. The Bertz CT molecular complexity index is 509. The Hall–Kier alpha value is -0.390. The topological polar surface area (TPSA) is 60.2 Å². The lowest BCUT2D eigenvalue weighted by molar-refractivity contribution is 0.510. The van der Waals surface area contributed by atoms with E-state index >= 15 is 0 Å². The second-order valence-electron chi connectivity index (χ2n) is 4.73. The molecule has 0 atom stereocenters. The number of nitrogens with two attached hydrogens (primary N) is 1. The van der Waals surface area contributed by atoms with Crippen molar-refractivity contribution in [1.82, 2.24) is 0 Å². The van der Waals surface area contributed by atoms with Gasteiger partial charge in [-0.05, 0) is 59.3 Å². The summed E-state index contributed by atoms with van der Waals surface area (Å²) in [6, 6.07) is 6.98. The van der Waals surface area contributed by atoms with Crippen molar-refractivity contribution in [1.29, 1.82) is 0 Å². The van der Waals surface area contributed by atoms with Gasteiger partial charge in [-0.3, -0.25) is 0 Å². The molecule has 0 aromatic heterocycles. The molecule has 2 rings (SSSR count). The first kappa shape index (κ1) is 13.1. The third-order valence-electron chi connectivity index (χ3n) is 3.30. The Morgan fingerprint density at radius 2 is 1.94 bits per heavy atom. The van der Waals surface area contributed by atoms with E-state index in [4.69, 9.17) is 5.73 Å². The molecule has 0 aliphatic heterocycles. The van der Waals surface area contributed by atoms with Crippen LogP contribution in [0.3, 0.4) is 0 Å². The van der Waals surface area contributed by atoms with Crippen molar-refractivity contribution in [2.24, 2.45) is 11.1 Å². The van der Waals surface area contributed by atoms with Gasteiger partial charge in [-0.25, -0.2) is 8.42 Å². The predicted octanol–water partition coefficient (Wildman–Crippen LogP) is 2.35. The van der Waals surface area contributed by atoms with E-state index in [-0.39, 0.29) is 11.2 Å². The van der Waals surface area contributed by atoms with Gasteiger partial charge < -0.3 is 5.73 Å². The fourth-order valence-electron chi connectivity index (χ4n) is 2.13. The minimum Gasteiger partial charge on any atom is -0.330 e. The van der Waals surface area contributed by atoms with Crippen LogP contribution in [-0.4, -0.2) is 20.7 Å². The van der Waals surface area contributed by atoms with E-state index in [1.165, 1.54) is 0 Å². The fourth-order valence-corrected chi connectivity index (χ4v) is 5.20. The highest BCUT2D eigenvalue weighted by Gasteiger charge is 2.45. The van der Waals surface area contributed by atoms with Gasteiger partial charge in [-0.1, -0.05) is 12.1 Å². The lowest BCUT2D eigenvalue weighted by Gasteiger charge is -2.14. The van der Waals surface area contributed by atoms with Crippen LogP contribution in [0.1, 0.15) is 19.3 Å². The molecule has 0 saturated heterocycles. The highest BCUT2D eigenvalue weighted by atomic mass is 79.9. The first-order valence-corrected chi connectivity index (χ1v) is 8.11. The average Bonchev–Trinajstić information content (AvgIpc) is 2.97. The van der Waals surface area contributed by atoms with Crippen molar-refractivity contribution in [2.75, 3.05) is 12.3 Å². The van der Waals surface area contributed by atoms with Crippen molar-refractivity contribution < 1.29 is 8.42 Å². The molecule has 0 amide bonds. The van der Waals surface area contributed by atoms with Crippen molar-refractivity contribution in [3.8, 4) is 0 Å². The summed E-state index contributed by atoms with van der Waals surface area (Å²) in [7, 11) is -3.21. The molecule has 0 unspecified atom stereocenters. The minimum atomic E-state index is -3.21. The summed E-state index contributed by atoms with van der Waals surface area (Å²) in [5.41, 5.74) is 5.49. The van der Waals surface area contributed by atoms with Crippen molar-refractivity contribution in [3.05, 3.63) is 28.7 Å². The molecule has 0 spiro atoms. The molecule has 1 aromatic rings. The van der Waals surface area contributed by atoms with E-state index in [2.05, 4.69) is 15.9 Å². The van der Waals surface area contributed by atoms with Crippen LogP contribution < -0.4 is 5.73 Å². The van der Waals surface area contributed by atoms with Crippen LogP contribution in [-0.2, 0) is 9.84 Å². The molecule has 5 heteroatoms. The summed E-state index contributed by atoms with van der Waals surface area (Å²) < 4.78 is 25.3. The Morgan fingerprint density at radius 3 is 2.47 bits per heavy atom. The third kappa shape index (κ3) is 2.89. The number of halogens is 1. The van der Waals surface area contributed by atoms with Crippen LogP contribution in [0, 0.1) is 5.41 Å². The van der Waals surface area contributed by atoms with Crippen molar-refractivity contribution in [2.45, 2.75) is 24.2 Å². The first-order chi connectivity index (χ1) is 7.99. The molecule has 1 aromatic carbocycles. The van der Waals surface area contributed by atoms with E-state index in [0.29, 0.717) is 15.9 Å². The van der Waals surface area contributed by atoms with Gasteiger partial charge >= 0.3 is 0 Å². The van der Waals surface area contributed by atoms with E-state index in [9.17, 15) is 8.42 Å². The van der Waals surface area contributed by atoms with Gasteiger partial charge in [-0.15, -0.1) is 0 Å². The van der Waals surface area contributed by atoms with E-state index in [1.807, 2.05) is 6.07 Å². The van der Waals surface area contributed by atoms with Gasteiger partial charge in [0.1, 0.15) is 0 Å². The zero-order valence-electron chi connectivity index (χ0n) is 9.52. The van der Waals surface area contributed by atoms with Gasteiger partial charge in [0.2, 0.25) is 0 Å². The standard InChI is InChI=1S/C12H16BrNO2S/c13-10-3-1-2-4-11(10)17(15,16)9-12(5-6-12)7-8-14/h1-4H,5-9,14H2. The third-order valence-corrected chi connectivity index (χ3v) is 6.27. The smallest absolute Gasteiger partial charge is 0.180 e. The molecular weight excluding hydrogens is 302 g/mol. The van der Waals surface area contributed by atoms with Crippen molar-refractivity contribution >= 4 is 25.8 Å². The maximum atomic E-state index is 12.3. The predicted molar refractivity (Wildman–Crippen MR) is 71.5 cm³/mol. The van der Waals surface area contributed by atoms with E-state index in [0.717, 1.165) is 19.3 Å². The Morgan fingerprint density at radius 1 is 1.29 bits per heavy atom. The molecule has 94 valence electrons. The van der Waals surface area contributed by atoms with Crippen LogP contribution in [0.2, 0.25) is 0 Å². The Kier molecular flexibility index (Phi) is 3.61. The molecule has 1 fully saturated rings. The second kappa shape index (κ2) is 4.71. The average molecular weight is 318 g/mol. The number of rotatable bonds is 5. The molecular formula is C12H16BrNO2S. The van der Waals surface area contributed by atoms with Gasteiger partial charge in [0, 0.05) is 4.47 Å². The Balaban J connectivity index is 2.23. The molecule has 0 bridgehead atoms. The van der Waals surface area contributed by atoms with Crippen LogP contribution in [0.5, 0.6) is 0 Å². The molecule has 1 aliphatic rings. The first-order valence-electron chi connectivity index (χ1n) is 5.66. The van der Waals surface area contributed by atoms with Gasteiger partial charge in [0.05, 0.1) is 10.6 Å². The summed E-state index contributed by atoms with van der Waals surface area (Å²) in [5, 5.41) is 0. The second-order valence-corrected chi connectivity index (χ2v) is 7.54. The molecule has 3 nitrogen and oxygen atoms in total. The summed E-state index contributed by atoms with van der Waals surface area (Å²) in [6.45, 7) is 0.561. The largest absolute Gasteiger partial charge is 0.330 e. The number of hydrogen-bond donors (Lipinski definition) is 1. The summed E-state index contributed by atoms with van der Waals surface area (Å²) >= 11 is 3.30.